The Labute approximate surface area is 306 Å². The van der Waals surface area contributed by atoms with E-state index in [4.69, 9.17) is 15.3 Å². The van der Waals surface area contributed by atoms with Gasteiger partial charge in [-0.3, -0.25) is 14.4 Å². The number of hydrogen-bond acceptors (Lipinski definition) is 3. The average Bonchev–Trinajstić information content (AvgIpc) is 3.03. The van der Waals surface area contributed by atoms with Crippen molar-refractivity contribution in [3.8, 4) is 0 Å². The topological polar surface area (TPSA) is 112 Å². The van der Waals surface area contributed by atoms with Crippen molar-refractivity contribution in [2.24, 2.45) is 0 Å². The summed E-state index contributed by atoms with van der Waals surface area (Å²) < 4.78 is 1.43. The molecule has 281 valence electrons. The molecular formula is C40H81O6Sn. The number of hydrogen-bond donors (Lipinski definition) is 3. The third-order valence-electron chi connectivity index (χ3n) is 8.01. The van der Waals surface area contributed by atoms with Gasteiger partial charge >= 0.3 is 64.6 Å². The van der Waals surface area contributed by atoms with E-state index in [0.717, 1.165) is 38.5 Å². The molecule has 0 amide bonds. The van der Waals surface area contributed by atoms with Crippen molar-refractivity contribution >= 4 is 40.4 Å². The molecule has 0 saturated heterocycles. The first-order valence-corrected chi connectivity index (χ1v) is 22.0. The zero-order chi connectivity index (χ0) is 36.1. The predicted octanol–water partition coefficient (Wildman–Crippen LogP) is 13.3. The number of unbranched alkanes of at least 4 members (excludes halogenated alkanes) is 25. The van der Waals surface area contributed by atoms with Crippen LogP contribution < -0.4 is 0 Å². The van der Waals surface area contributed by atoms with Crippen molar-refractivity contribution in [1.29, 1.82) is 0 Å². The van der Waals surface area contributed by atoms with E-state index in [1.54, 1.807) is 22.5 Å². The number of aliphatic carboxylic acids is 3. The summed E-state index contributed by atoms with van der Waals surface area (Å²) in [7, 11) is 0. The zero-order valence-corrected chi connectivity index (χ0v) is 34.8. The van der Waals surface area contributed by atoms with E-state index in [-0.39, 0.29) is 0 Å². The molecule has 0 aliphatic heterocycles. The molecule has 0 atom stereocenters. The van der Waals surface area contributed by atoms with Crippen LogP contribution in [0, 0.1) is 0 Å². The zero-order valence-electron chi connectivity index (χ0n) is 31.9. The van der Waals surface area contributed by atoms with E-state index < -0.39 is 17.9 Å². The van der Waals surface area contributed by atoms with Crippen molar-refractivity contribution < 1.29 is 29.7 Å². The molecule has 0 bridgehead atoms. The van der Waals surface area contributed by atoms with Gasteiger partial charge in [0.15, 0.2) is 0 Å². The Morgan fingerprint density at radius 1 is 0.319 bits per heavy atom. The summed E-state index contributed by atoms with van der Waals surface area (Å²) in [5, 5.41) is 25.2. The average molecular weight is 777 g/mol. The van der Waals surface area contributed by atoms with Crippen molar-refractivity contribution in [2.45, 2.75) is 238 Å². The second-order valence-corrected chi connectivity index (χ2v) is 14.4. The molecule has 3 N–H and O–H groups in total. The van der Waals surface area contributed by atoms with E-state index in [0.29, 0.717) is 19.3 Å². The molecule has 0 aromatic rings. The first-order chi connectivity index (χ1) is 22.7. The molecule has 0 aliphatic rings. The Morgan fingerprint density at radius 3 is 0.617 bits per heavy atom. The maximum atomic E-state index is 10.2. The first-order valence-electron chi connectivity index (χ1n) is 20.0. The molecule has 3 radical (unpaired) electrons. The molecule has 0 fully saturated rings. The van der Waals surface area contributed by atoms with Gasteiger partial charge < -0.3 is 15.3 Å². The Morgan fingerprint density at radius 2 is 0.489 bits per heavy atom. The quantitative estimate of drug-likeness (QED) is 0.0463. The van der Waals surface area contributed by atoms with Gasteiger partial charge in [-0.1, -0.05) is 175 Å². The molecule has 0 aromatic heterocycles. The molecule has 0 rings (SSSR count). The summed E-state index contributed by atoms with van der Waals surface area (Å²) in [6.07, 6.45) is 37.2. The van der Waals surface area contributed by atoms with Crippen LogP contribution in [0.2, 0.25) is 4.44 Å². The molecule has 0 aromatic carbocycles. The van der Waals surface area contributed by atoms with Crippen molar-refractivity contribution in [1.82, 2.24) is 0 Å². The number of carboxylic acid groups (broad SMARTS) is 3. The molecule has 47 heavy (non-hydrogen) atoms. The molecule has 0 aliphatic carbocycles. The van der Waals surface area contributed by atoms with E-state index in [2.05, 4.69) is 27.7 Å². The molecule has 0 saturated carbocycles. The van der Waals surface area contributed by atoms with Crippen LogP contribution in [0.5, 0.6) is 0 Å². The van der Waals surface area contributed by atoms with E-state index in [1.165, 1.54) is 152 Å². The van der Waals surface area contributed by atoms with Crippen LogP contribution in [0.25, 0.3) is 0 Å². The van der Waals surface area contributed by atoms with Gasteiger partial charge in [0.1, 0.15) is 0 Å². The van der Waals surface area contributed by atoms with Crippen LogP contribution in [0.15, 0.2) is 0 Å². The maximum absolute atomic E-state index is 10.2. The summed E-state index contributed by atoms with van der Waals surface area (Å²) in [6.45, 7) is 8.91. The van der Waals surface area contributed by atoms with Crippen molar-refractivity contribution in [3.63, 3.8) is 0 Å². The Bertz CT molecular complexity index is 521. The van der Waals surface area contributed by atoms with Gasteiger partial charge in [-0.15, -0.1) is 0 Å². The third-order valence-corrected chi connectivity index (χ3v) is 9.02. The van der Waals surface area contributed by atoms with Gasteiger partial charge in [-0.2, -0.15) is 0 Å². The summed E-state index contributed by atoms with van der Waals surface area (Å²) in [5.41, 5.74) is 0. The van der Waals surface area contributed by atoms with E-state index >= 15 is 0 Å². The fourth-order valence-corrected chi connectivity index (χ4v) is 5.95. The molecule has 0 spiro atoms. The molecule has 6 nitrogen and oxygen atoms in total. The number of carboxylic acids is 3. The summed E-state index contributed by atoms with van der Waals surface area (Å²) >= 11 is 1.68. The van der Waals surface area contributed by atoms with Gasteiger partial charge in [0, 0.05) is 19.3 Å². The summed E-state index contributed by atoms with van der Waals surface area (Å²) in [4.78, 5) is 30.6. The normalized spacial score (nSPS) is 10.1. The minimum absolute atomic E-state index is 0.343. The van der Waals surface area contributed by atoms with Crippen molar-refractivity contribution in [3.05, 3.63) is 0 Å². The van der Waals surface area contributed by atoms with Crippen molar-refractivity contribution in [2.75, 3.05) is 0 Å². The van der Waals surface area contributed by atoms with Crippen LogP contribution in [0.4, 0.5) is 0 Å². The Kier molecular flexibility index (Phi) is 58.7. The van der Waals surface area contributed by atoms with Crippen LogP contribution in [-0.4, -0.2) is 55.8 Å². The minimum atomic E-state index is -0.659. The Hall–Kier alpha value is -0.791. The predicted molar refractivity (Wildman–Crippen MR) is 204 cm³/mol. The van der Waals surface area contributed by atoms with Gasteiger partial charge in [-0.05, 0) is 19.3 Å². The van der Waals surface area contributed by atoms with Gasteiger partial charge in [-0.25, -0.2) is 0 Å². The van der Waals surface area contributed by atoms with E-state index in [9.17, 15) is 14.4 Å². The Balaban J connectivity index is -0.000000275. The number of rotatable bonds is 32. The second kappa shape index (κ2) is 52.0. The number of carbonyl (C=O) groups is 3. The fourth-order valence-electron chi connectivity index (χ4n) is 4.94. The van der Waals surface area contributed by atoms with Gasteiger partial charge in [0.25, 0.3) is 0 Å². The molecule has 7 heteroatoms. The summed E-state index contributed by atoms with van der Waals surface area (Å²) in [6, 6.07) is 0. The van der Waals surface area contributed by atoms with Crippen LogP contribution in [0.1, 0.15) is 233 Å². The van der Waals surface area contributed by atoms with Crippen LogP contribution in [-0.2, 0) is 14.4 Å². The molecular weight excluding hydrogens is 695 g/mol. The standard InChI is InChI=1S/3C12H24O2.C4H9.Sn/c3*1-2-3-4-5-6-7-8-9-10-11-12(13)14;1-3-4-2;/h3*2-11H2,1H3,(H,13,14);1,3-4H2,2H3;. The van der Waals surface area contributed by atoms with Gasteiger partial charge in [0.05, 0.1) is 0 Å². The molecule has 0 unspecified atom stereocenters. The first kappa shape index (κ1) is 53.0. The fraction of sp³-hybridized carbons (Fsp3) is 0.925. The summed E-state index contributed by atoms with van der Waals surface area (Å²) in [5.74, 6) is -1.98. The van der Waals surface area contributed by atoms with Gasteiger partial charge in [0.2, 0.25) is 0 Å². The monoisotopic (exact) mass is 778 g/mol. The van der Waals surface area contributed by atoms with Crippen LogP contribution in [0.3, 0.4) is 0 Å². The SMILES string of the molecule is CCCCCCCCCCCC(=O)O.CCCCCCCCCCCC(=O)O.CCCCCCCCCCCC(=O)O.CCC[CH2][Sn]. The van der Waals surface area contributed by atoms with E-state index in [1.807, 2.05) is 0 Å². The van der Waals surface area contributed by atoms with Crippen LogP contribution >= 0.6 is 0 Å². The third kappa shape index (κ3) is 72.1. The second-order valence-electron chi connectivity index (χ2n) is 13.0. The molecule has 0 heterocycles.